The number of amides is 2. The molecule has 2 heterocycles. The Kier molecular flexibility index (Phi) is 7.39. The first-order chi connectivity index (χ1) is 16.0. The number of nitrogens with zero attached hydrogens (tertiary/aromatic N) is 4. The highest BCUT2D eigenvalue weighted by Gasteiger charge is 2.36. The highest BCUT2D eigenvalue weighted by molar-refractivity contribution is 5.94. The molecule has 1 aromatic heterocycles. The maximum Gasteiger partial charge on any atom is 0.410 e. The van der Waals surface area contributed by atoms with Crippen molar-refractivity contribution in [1.82, 2.24) is 20.0 Å². The van der Waals surface area contributed by atoms with Gasteiger partial charge < -0.3 is 19.7 Å². The molecule has 0 aliphatic carbocycles. The van der Waals surface area contributed by atoms with Crippen LogP contribution in [0.3, 0.4) is 0 Å². The van der Waals surface area contributed by atoms with Crippen molar-refractivity contribution >= 4 is 12.0 Å². The normalized spacial score (nSPS) is 18.2. The number of carbonyl (C=O) groups excluding carboxylic acids is 2. The van der Waals surface area contributed by atoms with Gasteiger partial charge in [0.2, 0.25) is 0 Å². The van der Waals surface area contributed by atoms with Crippen LogP contribution in [0.1, 0.15) is 54.8 Å². The molecule has 0 radical (unpaired) electrons. The van der Waals surface area contributed by atoms with Crippen LogP contribution in [0.2, 0.25) is 0 Å². The Morgan fingerprint density at radius 1 is 1.35 bits per heavy atom. The third-order valence-electron chi connectivity index (χ3n) is 5.25. The van der Waals surface area contributed by atoms with Crippen LogP contribution in [-0.4, -0.2) is 58.6 Å². The van der Waals surface area contributed by atoms with E-state index in [1.54, 1.807) is 20.8 Å². The Balaban J connectivity index is 1.69. The minimum atomic E-state index is -1.46. The third-order valence-corrected chi connectivity index (χ3v) is 5.25. The number of ether oxygens (including phenoxy) is 2. The van der Waals surface area contributed by atoms with Crippen LogP contribution >= 0.6 is 0 Å². The summed E-state index contributed by atoms with van der Waals surface area (Å²) in [5.41, 5.74) is -0.0864. The van der Waals surface area contributed by atoms with Gasteiger partial charge in [-0.15, -0.1) is 0 Å². The Morgan fingerprint density at radius 3 is 2.68 bits per heavy atom. The lowest BCUT2D eigenvalue weighted by Crippen LogP contribution is -2.47. The van der Waals surface area contributed by atoms with Crippen LogP contribution < -0.4 is 10.1 Å². The van der Waals surface area contributed by atoms with Crippen LogP contribution in [0.25, 0.3) is 0 Å². The number of aromatic nitrogens is 2. The summed E-state index contributed by atoms with van der Waals surface area (Å²) in [6, 6.07) is 5.05. The molecule has 1 aromatic carbocycles. The molecule has 2 atom stereocenters. The summed E-state index contributed by atoms with van der Waals surface area (Å²) in [6.07, 6.45) is -0.431. The number of benzene rings is 1. The molecule has 1 aliphatic heterocycles. The zero-order valence-corrected chi connectivity index (χ0v) is 19.5. The van der Waals surface area contributed by atoms with Gasteiger partial charge in [-0.25, -0.2) is 18.3 Å². The van der Waals surface area contributed by atoms with Gasteiger partial charge in [-0.3, -0.25) is 4.79 Å². The van der Waals surface area contributed by atoms with Gasteiger partial charge in [0.15, 0.2) is 11.6 Å². The fourth-order valence-corrected chi connectivity index (χ4v) is 3.60. The van der Waals surface area contributed by atoms with E-state index in [2.05, 4.69) is 10.4 Å². The Labute approximate surface area is 196 Å². The van der Waals surface area contributed by atoms with Crippen molar-refractivity contribution in [2.45, 2.75) is 51.6 Å². The molecule has 3 rings (SSSR count). The van der Waals surface area contributed by atoms with E-state index in [0.29, 0.717) is 5.56 Å². The van der Waals surface area contributed by atoms with Crippen molar-refractivity contribution < 1.29 is 27.8 Å². The number of nitriles is 1. The summed E-state index contributed by atoms with van der Waals surface area (Å²) in [7, 11) is 1.44. The molecule has 2 aromatic rings. The van der Waals surface area contributed by atoms with E-state index in [0.717, 1.165) is 6.07 Å². The zero-order valence-electron chi connectivity index (χ0n) is 19.5. The molecule has 0 unspecified atom stereocenters. The molecule has 1 saturated heterocycles. The molecule has 1 N–H and O–H groups in total. The average molecular weight is 475 g/mol. The first-order valence-corrected chi connectivity index (χ1v) is 10.8. The summed E-state index contributed by atoms with van der Waals surface area (Å²) in [5.74, 6) is -1.26. The lowest BCUT2D eigenvalue weighted by molar-refractivity contribution is 0.00567. The molecule has 0 saturated carbocycles. The molecular formula is C23H27F2N5O4. The number of halogens is 2. The van der Waals surface area contributed by atoms with E-state index < -0.39 is 35.6 Å². The molecule has 1 fully saturated rings. The van der Waals surface area contributed by atoms with Crippen molar-refractivity contribution in [3.8, 4) is 11.8 Å². The van der Waals surface area contributed by atoms with Gasteiger partial charge in [0.25, 0.3) is 5.91 Å². The second-order valence-corrected chi connectivity index (χ2v) is 8.89. The van der Waals surface area contributed by atoms with E-state index in [9.17, 15) is 19.2 Å². The predicted molar refractivity (Wildman–Crippen MR) is 117 cm³/mol. The topological polar surface area (TPSA) is 109 Å². The highest BCUT2D eigenvalue weighted by Crippen LogP contribution is 2.29. The van der Waals surface area contributed by atoms with Crippen molar-refractivity contribution in [2.75, 3.05) is 20.1 Å². The number of rotatable bonds is 5. The van der Waals surface area contributed by atoms with Crippen LogP contribution in [0.15, 0.2) is 24.4 Å². The number of piperidine rings is 1. The number of hydrogen-bond donors (Lipinski definition) is 1. The minimum Gasteiger partial charge on any atom is -0.486 e. The lowest BCUT2D eigenvalue weighted by Gasteiger charge is -2.35. The molecule has 11 heteroatoms. The van der Waals surface area contributed by atoms with Crippen molar-refractivity contribution in [3.05, 3.63) is 47.0 Å². The number of carbonyl (C=O) groups is 2. The maximum atomic E-state index is 15.0. The lowest BCUT2D eigenvalue weighted by atomic mass is 10.0. The van der Waals surface area contributed by atoms with E-state index >= 15 is 4.39 Å². The van der Waals surface area contributed by atoms with Crippen LogP contribution in [0.5, 0.6) is 5.75 Å². The molecular weight excluding hydrogens is 448 g/mol. The van der Waals surface area contributed by atoms with Crippen LogP contribution in [-0.2, 0) is 11.3 Å². The number of nitrogens with one attached hydrogen (secondary N) is 1. The second kappa shape index (κ2) is 10.1. The van der Waals surface area contributed by atoms with Crippen molar-refractivity contribution in [1.29, 1.82) is 5.26 Å². The quantitative estimate of drug-likeness (QED) is 0.710. The van der Waals surface area contributed by atoms with Crippen LogP contribution in [0, 0.1) is 17.1 Å². The molecule has 182 valence electrons. The standard InChI is InChI=1S/C23H27F2N5O4/c1-23(2,3)34-22(32)29-8-7-18(17(25)12-29)30-19(10-26)15(11-28-30)13-33-20-6-5-14(9-16(20)24)21(31)27-4/h5-6,9,11,17-18H,7-8,12-13H2,1-4H3,(H,27,31)/t17-,18-/m0/s1. The SMILES string of the molecule is CNC(=O)c1ccc(OCc2cnn([C@H]3CCN(C(=O)OC(C)(C)C)C[C@@H]3F)c2C#N)c(F)c1. The number of hydrogen-bond acceptors (Lipinski definition) is 6. The number of likely N-dealkylation sites (tertiary alicyclic amines) is 1. The summed E-state index contributed by atoms with van der Waals surface area (Å²) in [5, 5.41) is 16.2. The first-order valence-electron chi connectivity index (χ1n) is 10.8. The van der Waals surface area contributed by atoms with E-state index in [-0.39, 0.29) is 43.1 Å². The smallest absolute Gasteiger partial charge is 0.410 e. The molecule has 34 heavy (non-hydrogen) atoms. The monoisotopic (exact) mass is 475 g/mol. The third kappa shape index (κ3) is 5.62. The van der Waals surface area contributed by atoms with E-state index in [1.165, 1.54) is 35.0 Å². The van der Waals surface area contributed by atoms with Crippen LogP contribution in [0.4, 0.5) is 13.6 Å². The Bertz CT molecular complexity index is 1110. The molecule has 0 spiro atoms. The van der Waals surface area contributed by atoms with E-state index in [4.69, 9.17) is 9.47 Å². The largest absolute Gasteiger partial charge is 0.486 e. The van der Waals surface area contributed by atoms with E-state index in [1.807, 2.05) is 6.07 Å². The maximum absolute atomic E-state index is 15.0. The molecule has 1 aliphatic rings. The van der Waals surface area contributed by atoms with Gasteiger partial charge in [0.1, 0.15) is 30.1 Å². The second-order valence-electron chi connectivity index (χ2n) is 8.89. The number of alkyl halides is 1. The summed E-state index contributed by atoms with van der Waals surface area (Å²) < 4.78 is 41.4. The van der Waals surface area contributed by atoms with Crippen molar-refractivity contribution in [2.24, 2.45) is 0 Å². The van der Waals surface area contributed by atoms with Gasteiger partial charge in [0.05, 0.1) is 18.8 Å². The first kappa shape index (κ1) is 25.0. The predicted octanol–water partition coefficient (Wildman–Crippen LogP) is 3.35. The Morgan fingerprint density at radius 2 is 2.09 bits per heavy atom. The van der Waals surface area contributed by atoms with Gasteiger partial charge >= 0.3 is 6.09 Å². The molecule has 2 amide bonds. The van der Waals surface area contributed by atoms with Gasteiger partial charge in [-0.1, -0.05) is 0 Å². The van der Waals surface area contributed by atoms with Gasteiger partial charge in [0, 0.05) is 24.7 Å². The fraction of sp³-hybridized carbons (Fsp3) is 0.478. The van der Waals surface area contributed by atoms with Gasteiger partial charge in [-0.05, 0) is 45.4 Å². The summed E-state index contributed by atoms with van der Waals surface area (Å²) in [6.45, 7) is 5.10. The Hall–Kier alpha value is -3.68. The average Bonchev–Trinajstić information content (AvgIpc) is 3.18. The summed E-state index contributed by atoms with van der Waals surface area (Å²) in [4.78, 5) is 25.2. The van der Waals surface area contributed by atoms with Gasteiger partial charge in [-0.2, -0.15) is 10.4 Å². The highest BCUT2D eigenvalue weighted by atomic mass is 19.1. The molecule has 0 bridgehead atoms. The van der Waals surface area contributed by atoms with Crippen molar-refractivity contribution in [3.63, 3.8) is 0 Å². The molecule has 9 nitrogen and oxygen atoms in total. The minimum absolute atomic E-state index is 0.0979. The fourth-order valence-electron chi connectivity index (χ4n) is 3.60. The zero-order chi connectivity index (χ0) is 25.0. The summed E-state index contributed by atoms with van der Waals surface area (Å²) >= 11 is 0.